The Morgan fingerprint density at radius 3 is 2.40 bits per heavy atom. The van der Waals surface area contributed by atoms with Gasteiger partial charge in [0.25, 0.3) is 5.92 Å². The van der Waals surface area contributed by atoms with Crippen molar-refractivity contribution in [3.8, 4) is 11.4 Å². The third-order valence-corrected chi connectivity index (χ3v) is 4.09. The van der Waals surface area contributed by atoms with Crippen LogP contribution in [-0.2, 0) is 0 Å². The van der Waals surface area contributed by atoms with Crippen LogP contribution in [0.1, 0.15) is 0 Å². The lowest BCUT2D eigenvalue weighted by molar-refractivity contribution is 0.0797. The maximum absolute atomic E-state index is 13.1. The predicted octanol–water partition coefficient (Wildman–Crippen LogP) is 2.24. The molecule has 1 aliphatic carbocycles. The molecule has 2 unspecified atom stereocenters. The van der Waals surface area contributed by atoms with E-state index in [9.17, 15) is 8.78 Å². The Hall–Kier alpha value is -2.11. The molecule has 1 saturated heterocycles. The largest absolute Gasteiger partial charge is 0.354 e. The van der Waals surface area contributed by atoms with Crippen LogP contribution in [0.4, 0.5) is 14.6 Å². The molecular formula is C14H12F2N4. The highest BCUT2D eigenvalue weighted by Gasteiger charge is 2.71. The zero-order valence-corrected chi connectivity index (χ0v) is 10.6. The zero-order valence-electron chi connectivity index (χ0n) is 10.6. The lowest BCUT2D eigenvalue weighted by Gasteiger charge is -2.20. The minimum absolute atomic E-state index is 0.370. The van der Waals surface area contributed by atoms with Gasteiger partial charge in [0.05, 0.1) is 29.9 Å². The van der Waals surface area contributed by atoms with E-state index in [2.05, 4.69) is 15.0 Å². The van der Waals surface area contributed by atoms with Crippen LogP contribution < -0.4 is 4.90 Å². The quantitative estimate of drug-likeness (QED) is 0.842. The van der Waals surface area contributed by atoms with Gasteiger partial charge in [-0.1, -0.05) is 6.07 Å². The Kier molecular flexibility index (Phi) is 2.31. The second-order valence-corrected chi connectivity index (χ2v) is 5.27. The molecule has 4 rings (SSSR count). The summed E-state index contributed by atoms with van der Waals surface area (Å²) in [7, 11) is 0. The van der Waals surface area contributed by atoms with E-state index in [1.165, 1.54) is 0 Å². The fourth-order valence-electron chi connectivity index (χ4n) is 2.83. The van der Waals surface area contributed by atoms with Crippen LogP contribution in [-0.4, -0.2) is 34.0 Å². The Bertz CT molecular complexity index is 615. The van der Waals surface area contributed by atoms with E-state index in [1.54, 1.807) is 18.6 Å². The van der Waals surface area contributed by atoms with Gasteiger partial charge in [-0.2, -0.15) is 0 Å². The van der Waals surface area contributed by atoms with E-state index in [1.807, 2.05) is 23.1 Å². The van der Waals surface area contributed by atoms with Crippen LogP contribution in [0.15, 0.2) is 36.8 Å². The van der Waals surface area contributed by atoms with E-state index >= 15 is 0 Å². The van der Waals surface area contributed by atoms with Crippen LogP contribution in [0.3, 0.4) is 0 Å². The predicted molar refractivity (Wildman–Crippen MR) is 69.4 cm³/mol. The van der Waals surface area contributed by atoms with Crippen LogP contribution in [0, 0.1) is 11.8 Å². The maximum Gasteiger partial charge on any atom is 0.258 e. The summed E-state index contributed by atoms with van der Waals surface area (Å²) in [4.78, 5) is 14.7. The van der Waals surface area contributed by atoms with E-state index in [0.717, 1.165) is 5.69 Å². The number of alkyl halides is 2. The lowest BCUT2D eigenvalue weighted by Crippen LogP contribution is -2.28. The summed E-state index contributed by atoms with van der Waals surface area (Å²) in [5.41, 5.74) is 1.44. The molecule has 0 radical (unpaired) electrons. The van der Waals surface area contributed by atoms with Crippen LogP contribution >= 0.6 is 0 Å². The topological polar surface area (TPSA) is 41.9 Å². The molecule has 2 aliphatic rings. The first-order chi connectivity index (χ1) is 9.66. The number of anilines is 1. The first kappa shape index (κ1) is 11.7. The Balaban J connectivity index is 1.52. The normalized spacial score (nSPS) is 26.4. The van der Waals surface area contributed by atoms with E-state index < -0.39 is 17.8 Å². The molecule has 102 valence electrons. The number of aromatic nitrogens is 3. The number of halogens is 2. The molecule has 0 amide bonds. The molecule has 2 aromatic rings. The summed E-state index contributed by atoms with van der Waals surface area (Å²) in [5, 5.41) is 0. The van der Waals surface area contributed by atoms with Crippen molar-refractivity contribution in [2.24, 2.45) is 11.8 Å². The highest BCUT2D eigenvalue weighted by atomic mass is 19.3. The summed E-state index contributed by atoms with van der Waals surface area (Å²) in [6.07, 6.45) is 4.97. The van der Waals surface area contributed by atoms with E-state index in [0.29, 0.717) is 24.6 Å². The first-order valence-electron chi connectivity index (χ1n) is 6.52. The molecule has 0 aromatic carbocycles. The van der Waals surface area contributed by atoms with Gasteiger partial charge in [0.2, 0.25) is 0 Å². The second-order valence-electron chi connectivity index (χ2n) is 5.27. The third-order valence-electron chi connectivity index (χ3n) is 4.09. The number of piperidine rings is 1. The van der Waals surface area contributed by atoms with Gasteiger partial charge in [-0.15, -0.1) is 0 Å². The number of hydrogen-bond donors (Lipinski definition) is 0. The summed E-state index contributed by atoms with van der Waals surface area (Å²) in [6.45, 7) is 0.741. The second kappa shape index (κ2) is 3.94. The average Bonchev–Trinajstić information content (AvgIpc) is 2.85. The summed E-state index contributed by atoms with van der Waals surface area (Å²) >= 11 is 0. The van der Waals surface area contributed by atoms with Gasteiger partial charge in [0.1, 0.15) is 11.5 Å². The molecule has 2 atom stereocenters. The van der Waals surface area contributed by atoms with Gasteiger partial charge in [-0.25, -0.2) is 18.7 Å². The SMILES string of the molecule is FC1(F)C2CN(c3cnc(-c4ccccn4)cn3)CC21. The van der Waals surface area contributed by atoms with E-state index in [4.69, 9.17) is 0 Å². The molecule has 6 heteroatoms. The highest BCUT2D eigenvalue weighted by molar-refractivity contribution is 5.54. The average molecular weight is 274 g/mol. The van der Waals surface area contributed by atoms with Gasteiger partial charge >= 0.3 is 0 Å². The smallest absolute Gasteiger partial charge is 0.258 e. The number of hydrogen-bond acceptors (Lipinski definition) is 4. The number of rotatable bonds is 2. The fourth-order valence-corrected chi connectivity index (χ4v) is 2.83. The molecule has 1 aliphatic heterocycles. The fraction of sp³-hybridized carbons (Fsp3) is 0.357. The standard InChI is InChI=1S/C14H12F2N4/c15-14(16)9-7-20(8-10(9)14)13-6-18-12(5-19-13)11-3-1-2-4-17-11/h1-6,9-10H,7-8H2. The van der Waals surface area contributed by atoms with Gasteiger partial charge in [0, 0.05) is 19.3 Å². The molecule has 20 heavy (non-hydrogen) atoms. The lowest BCUT2D eigenvalue weighted by atomic mass is 10.3. The monoisotopic (exact) mass is 274 g/mol. The van der Waals surface area contributed by atoms with Crippen LogP contribution in [0.25, 0.3) is 11.4 Å². The summed E-state index contributed by atoms with van der Waals surface area (Å²) in [5.74, 6) is -2.80. The highest BCUT2D eigenvalue weighted by Crippen LogP contribution is 2.59. The minimum atomic E-state index is -2.46. The van der Waals surface area contributed by atoms with E-state index in [-0.39, 0.29) is 0 Å². The van der Waals surface area contributed by atoms with Crippen molar-refractivity contribution in [1.82, 2.24) is 15.0 Å². The van der Waals surface area contributed by atoms with Crippen molar-refractivity contribution in [1.29, 1.82) is 0 Å². The molecule has 1 saturated carbocycles. The molecule has 0 spiro atoms. The summed E-state index contributed by atoms with van der Waals surface area (Å²) < 4.78 is 26.3. The Morgan fingerprint density at radius 1 is 1.00 bits per heavy atom. The maximum atomic E-state index is 13.1. The summed E-state index contributed by atoms with van der Waals surface area (Å²) in [6, 6.07) is 5.57. The molecule has 2 aromatic heterocycles. The number of pyridine rings is 1. The van der Waals surface area contributed by atoms with Crippen molar-refractivity contribution >= 4 is 5.82 Å². The van der Waals surface area contributed by atoms with Gasteiger partial charge in [-0.05, 0) is 12.1 Å². The number of fused-ring (bicyclic) bond motifs is 1. The van der Waals surface area contributed by atoms with Crippen LogP contribution in [0.5, 0.6) is 0 Å². The van der Waals surface area contributed by atoms with Gasteiger partial charge in [0.15, 0.2) is 0 Å². The molecule has 0 N–H and O–H groups in total. The van der Waals surface area contributed by atoms with Gasteiger partial charge in [-0.3, -0.25) is 4.98 Å². The molecule has 3 heterocycles. The van der Waals surface area contributed by atoms with Crippen molar-refractivity contribution in [2.45, 2.75) is 5.92 Å². The zero-order chi connectivity index (χ0) is 13.7. The first-order valence-corrected chi connectivity index (χ1v) is 6.52. The Labute approximate surface area is 114 Å². The Morgan fingerprint density at radius 2 is 1.80 bits per heavy atom. The number of nitrogens with zero attached hydrogens (tertiary/aromatic N) is 4. The van der Waals surface area contributed by atoms with Gasteiger partial charge < -0.3 is 4.90 Å². The van der Waals surface area contributed by atoms with Crippen molar-refractivity contribution in [2.75, 3.05) is 18.0 Å². The van der Waals surface area contributed by atoms with Crippen molar-refractivity contribution in [3.63, 3.8) is 0 Å². The van der Waals surface area contributed by atoms with Crippen molar-refractivity contribution in [3.05, 3.63) is 36.8 Å². The molecule has 2 fully saturated rings. The minimum Gasteiger partial charge on any atom is -0.354 e. The molecule has 0 bridgehead atoms. The molecular weight excluding hydrogens is 262 g/mol. The molecule has 4 nitrogen and oxygen atoms in total. The van der Waals surface area contributed by atoms with Crippen LogP contribution in [0.2, 0.25) is 0 Å². The third kappa shape index (κ3) is 1.67. The van der Waals surface area contributed by atoms with Crippen molar-refractivity contribution < 1.29 is 8.78 Å².